The number of carbonyl (C=O) groups is 1. The number of Topliss-reactive ketones (excluding diaryl/α,β-unsaturated/α-hetero) is 1. The summed E-state index contributed by atoms with van der Waals surface area (Å²) in [7, 11) is 0. The average Bonchev–Trinajstić information content (AvgIpc) is 2.17. The summed E-state index contributed by atoms with van der Waals surface area (Å²) < 4.78 is 0.803. The summed E-state index contributed by atoms with van der Waals surface area (Å²) in [5.41, 5.74) is 1.76. The zero-order valence-corrected chi connectivity index (χ0v) is 10.3. The van der Waals surface area contributed by atoms with Crippen molar-refractivity contribution >= 4 is 21.7 Å². The minimum atomic E-state index is -0.231. The number of ketones is 1. The Morgan fingerprint density at radius 3 is 2.80 bits per heavy atom. The fourth-order valence-corrected chi connectivity index (χ4v) is 1.99. The molecule has 1 atom stereocenters. The van der Waals surface area contributed by atoms with Crippen molar-refractivity contribution in [3.63, 3.8) is 0 Å². The van der Waals surface area contributed by atoms with Crippen LogP contribution in [0.15, 0.2) is 22.7 Å². The molecule has 1 rings (SSSR count). The third-order valence-corrected chi connectivity index (χ3v) is 2.79. The molecule has 0 bridgehead atoms. The Morgan fingerprint density at radius 1 is 1.60 bits per heavy atom. The second-order valence-corrected chi connectivity index (χ2v) is 4.50. The molecule has 0 saturated heterocycles. The maximum atomic E-state index is 11.8. The van der Waals surface area contributed by atoms with E-state index in [0.717, 1.165) is 10.0 Å². The lowest BCUT2D eigenvalue weighted by atomic mass is 10.0. The van der Waals surface area contributed by atoms with Crippen molar-refractivity contribution in [2.45, 2.75) is 20.3 Å². The normalized spacial score (nSPS) is 11.9. The van der Waals surface area contributed by atoms with E-state index in [4.69, 9.17) is 5.26 Å². The molecule has 0 aliphatic heterocycles. The summed E-state index contributed by atoms with van der Waals surface area (Å²) in [6.45, 7) is 3.72. The van der Waals surface area contributed by atoms with Crippen LogP contribution in [0.5, 0.6) is 0 Å². The van der Waals surface area contributed by atoms with Crippen molar-refractivity contribution in [3.05, 3.63) is 33.8 Å². The van der Waals surface area contributed by atoms with Gasteiger partial charge < -0.3 is 0 Å². The number of nitriles is 1. The first kappa shape index (κ1) is 11.9. The van der Waals surface area contributed by atoms with E-state index in [-0.39, 0.29) is 18.1 Å². The second kappa shape index (κ2) is 5.09. The first-order valence-electron chi connectivity index (χ1n) is 4.73. The van der Waals surface area contributed by atoms with Crippen LogP contribution in [0.2, 0.25) is 0 Å². The number of hydrogen-bond donors (Lipinski definition) is 0. The Bertz CT molecular complexity index is 420. The minimum Gasteiger partial charge on any atom is -0.294 e. The maximum absolute atomic E-state index is 11.8. The van der Waals surface area contributed by atoms with Crippen LogP contribution >= 0.6 is 15.9 Å². The largest absolute Gasteiger partial charge is 0.294 e. The smallest absolute Gasteiger partial charge is 0.165 e. The molecule has 78 valence electrons. The summed E-state index contributed by atoms with van der Waals surface area (Å²) in [4.78, 5) is 11.8. The van der Waals surface area contributed by atoms with Gasteiger partial charge in [-0.15, -0.1) is 0 Å². The number of carbonyl (C=O) groups excluding carboxylic acids is 1. The molecule has 1 aromatic rings. The lowest BCUT2D eigenvalue weighted by molar-refractivity contribution is 0.0972. The summed E-state index contributed by atoms with van der Waals surface area (Å²) in [5.74, 6) is -0.221. The molecule has 1 unspecified atom stereocenters. The first-order chi connectivity index (χ1) is 7.04. The molecule has 1 aromatic carbocycles. The van der Waals surface area contributed by atoms with Gasteiger partial charge in [0.15, 0.2) is 5.78 Å². The summed E-state index contributed by atoms with van der Waals surface area (Å²) >= 11 is 3.36. The molecule has 2 nitrogen and oxygen atoms in total. The Kier molecular flexibility index (Phi) is 4.05. The van der Waals surface area contributed by atoms with Crippen LogP contribution in [0.3, 0.4) is 0 Å². The number of benzene rings is 1. The van der Waals surface area contributed by atoms with Crippen molar-refractivity contribution in [2.75, 3.05) is 0 Å². The summed E-state index contributed by atoms with van der Waals surface area (Å²) in [6, 6.07) is 7.66. The number of nitrogens with zero attached hydrogens (tertiary/aromatic N) is 1. The van der Waals surface area contributed by atoms with Crippen molar-refractivity contribution in [2.24, 2.45) is 5.92 Å². The molecule has 0 aromatic heterocycles. The lowest BCUT2D eigenvalue weighted by Gasteiger charge is -2.05. The van der Waals surface area contributed by atoms with Crippen LogP contribution in [-0.2, 0) is 0 Å². The molecular weight excluding hydrogens is 254 g/mol. The third-order valence-electron chi connectivity index (χ3n) is 2.14. The van der Waals surface area contributed by atoms with E-state index in [1.54, 1.807) is 13.0 Å². The van der Waals surface area contributed by atoms with E-state index in [1.807, 2.05) is 19.1 Å². The lowest BCUT2D eigenvalue weighted by Crippen LogP contribution is -2.05. The van der Waals surface area contributed by atoms with Crippen molar-refractivity contribution in [1.82, 2.24) is 0 Å². The van der Waals surface area contributed by atoms with E-state index >= 15 is 0 Å². The first-order valence-corrected chi connectivity index (χ1v) is 5.53. The average molecular weight is 266 g/mol. The van der Waals surface area contributed by atoms with Gasteiger partial charge in [-0.1, -0.05) is 28.1 Å². The molecule has 0 aliphatic carbocycles. The van der Waals surface area contributed by atoms with E-state index in [2.05, 4.69) is 22.0 Å². The van der Waals surface area contributed by atoms with E-state index in [1.165, 1.54) is 0 Å². The topological polar surface area (TPSA) is 40.9 Å². The van der Waals surface area contributed by atoms with Crippen LogP contribution in [0.1, 0.15) is 29.3 Å². The van der Waals surface area contributed by atoms with E-state index in [9.17, 15) is 4.79 Å². The van der Waals surface area contributed by atoms with Gasteiger partial charge in [0.2, 0.25) is 0 Å². The van der Waals surface area contributed by atoms with Crippen LogP contribution in [-0.4, -0.2) is 5.78 Å². The molecule has 0 heterocycles. The van der Waals surface area contributed by atoms with Gasteiger partial charge in [0.25, 0.3) is 0 Å². The standard InChI is InChI=1S/C12H12BrNO/c1-8-3-4-10(11(13)5-8)12(15)6-9(2)7-14/h3-5,9H,6H2,1-2H3. The van der Waals surface area contributed by atoms with Gasteiger partial charge in [-0.05, 0) is 25.5 Å². The highest BCUT2D eigenvalue weighted by molar-refractivity contribution is 9.10. The second-order valence-electron chi connectivity index (χ2n) is 3.64. The van der Waals surface area contributed by atoms with Gasteiger partial charge in [0.1, 0.15) is 0 Å². The Hall–Kier alpha value is -1.14. The predicted octanol–water partition coefficient (Wildman–Crippen LogP) is 3.49. The van der Waals surface area contributed by atoms with Gasteiger partial charge in [-0.2, -0.15) is 5.26 Å². The van der Waals surface area contributed by atoms with Gasteiger partial charge in [-0.3, -0.25) is 4.79 Å². The number of halogens is 1. The zero-order valence-electron chi connectivity index (χ0n) is 8.75. The Labute approximate surface area is 98.0 Å². The Morgan fingerprint density at radius 2 is 2.27 bits per heavy atom. The zero-order chi connectivity index (χ0) is 11.4. The number of aryl methyl sites for hydroxylation is 1. The monoisotopic (exact) mass is 265 g/mol. The fraction of sp³-hybridized carbons (Fsp3) is 0.333. The molecule has 15 heavy (non-hydrogen) atoms. The SMILES string of the molecule is Cc1ccc(C(=O)CC(C)C#N)c(Br)c1. The maximum Gasteiger partial charge on any atom is 0.165 e. The highest BCUT2D eigenvalue weighted by atomic mass is 79.9. The van der Waals surface area contributed by atoms with Gasteiger partial charge in [-0.25, -0.2) is 0 Å². The number of rotatable bonds is 3. The van der Waals surface area contributed by atoms with E-state index < -0.39 is 0 Å². The molecule has 0 spiro atoms. The molecular formula is C12H12BrNO. The highest BCUT2D eigenvalue weighted by Gasteiger charge is 2.13. The molecule has 0 amide bonds. The van der Waals surface area contributed by atoms with Gasteiger partial charge in [0.05, 0.1) is 12.0 Å². The summed E-state index contributed by atoms with van der Waals surface area (Å²) in [6.07, 6.45) is 0.276. The third kappa shape index (κ3) is 3.17. The van der Waals surface area contributed by atoms with Gasteiger partial charge >= 0.3 is 0 Å². The highest BCUT2D eigenvalue weighted by Crippen LogP contribution is 2.21. The Balaban J connectivity index is 2.88. The van der Waals surface area contributed by atoms with Crippen LogP contribution < -0.4 is 0 Å². The quantitative estimate of drug-likeness (QED) is 0.786. The predicted molar refractivity (Wildman–Crippen MR) is 62.6 cm³/mol. The van der Waals surface area contributed by atoms with E-state index in [0.29, 0.717) is 5.56 Å². The fourth-order valence-electron chi connectivity index (χ4n) is 1.28. The molecule has 0 fully saturated rings. The molecule has 3 heteroatoms. The molecule has 0 aliphatic rings. The molecule has 0 radical (unpaired) electrons. The summed E-state index contributed by atoms with van der Waals surface area (Å²) in [5, 5.41) is 8.63. The van der Waals surface area contributed by atoms with Crippen LogP contribution in [0, 0.1) is 24.2 Å². The minimum absolute atomic E-state index is 0.0101. The van der Waals surface area contributed by atoms with Crippen molar-refractivity contribution < 1.29 is 4.79 Å². The van der Waals surface area contributed by atoms with Crippen molar-refractivity contribution in [3.8, 4) is 6.07 Å². The number of hydrogen-bond acceptors (Lipinski definition) is 2. The molecule has 0 N–H and O–H groups in total. The molecule has 0 saturated carbocycles. The van der Waals surface area contributed by atoms with Crippen LogP contribution in [0.4, 0.5) is 0 Å². The van der Waals surface area contributed by atoms with Gasteiger partial charge in [0, 0.05) is 16.5 Å². The van der Waals surface area contributed by atoms with Crippen LogP contribution in [0.25, 0.3) is 0 Å². The van der Waals surface area contributed by atoms with Crippen molar-refractivity contribution in [1.29, 1.82) is 5.26 Å².